The van der Waals surface area contributed by atoms with Crippen molar-refractivity contribution in [1.29, 1.82) is 0 Å². The predicted octanol–water partition coefficient (Wildman–Crippen LogP) is 2.93. The van der Waals surface area contributed by atoms with E-state index >= 15 is 0 Å². The van der Waals surface area contributed by atoms with Gasteiger partial charge in [-0.05, 0) is 49.7 Å². The first-order chi connectivity index (χ1) is 10.0. The second-order valence-corrected chi connectivity index (χ2v) is 4.61. The van der Waals surface area contributed by atoms with Gasteiger partial charge in [0.05, 0.1) is 17.9 Å². The van der Waals surface area contributed by atoms with Crippen molar-refractivity contribution in [2.75, 3.05) is 17.7 Å². The van der Waals surface area contributed by atoms with E-state index < -0.39 is 5.91 Å². The Hall–Kier alpha value is -2.69. The van der Waals surface area contributed by atoms with Crippen LogP contribution in [0.4, 0.5) is 11.4 Å². The molecule has 0 spiro atoms. The SMILES string of the molecule is CCOc1ccc(NC(=O)c2cccc(N)c2O)c(C)c1. The lowest BCUT2D eigenvalue weighted by Crippen LogP contribution is -2.13. The van der Waals surface area contributed by atoms with E-state index in [4.69, 9.17) is 10.5 Å². The van der Waals surface area contributed by atoms with Gasteiger partial charge in [0, 0.05) is 5.69 Å². The highest BCUT2D eigenvalue weighted by molar-refractivity contribution is 6.07. The van der Waals surface area contributed by atoms with E-state index in [0.717, 1.165) is 11.3 Å². The summed E-state index contributed by atoms with van der Waals surface area (Å²) >= 11 is 0. The zero-order chi connectivity index (χ0) is 15.4. The Labute approximate surface area is 123 Å². The van der Waals surface area contributed by atoms with E-state index in [2.05, 4.69) is 5.32 Å². The van der Waals surface area contributed by atoms with Crippen LogP contribution in [-0.2, 0) is 0 Å². The van der Waals surface area contributed by atoms with Crippen LogP contribution in [0.1, 0.15) is 22.8 Å². The van der Waals surface area contributed by atoms with Gasteiger partial charge in [0.1, 0.15) is 5.75 Å². The fraction of sp³-hybridized carbons (Fsp3) is 0.188. The van der Waals surface area contributed by atoms with Crippen molar-refractivity contribution in [2.45, 2.75) is 13.8 Å². The number of phenols is 1. The Bertz CT molecular complexity index is 669. The number of aryl methyl sites for hydroxylation is 1. The molecule has 0 saturated carbocycles. The van der Waals surface area contributed by atoms with Crippen LogP contribution in [0.2, 0.25) is 0 Å². The van der Waals surface area contributed by atoms with Gasteiger partial charge in [0.2, 0.25) is 0 Å². The minimum absolute atomic E-state index is 0.142. The molecule has 110 valence electrons. The van der Waals surface area contributed by atoms with E-state index in [1.165, 1.54) is 12.1 Å². The number of ether oxygens (including phenoxy) is 1. The van der Waals surface area contributed by atoms with Gasteiger partial charge < -0.3 is 20.9 Å². The average Bonchev–Trinajstić information content (AvgIpc) is 2.45. The van der Waals surface area contributed by atoms with Crippen LogP contribution in [0, 0.1) is 6.92 Å². The van der Waals surface area contributed by atoms with Gasteiger partial charge in [-0.25, -0.2) is 0 Å². The van der Waals surface area contributed by atoms with Crippen LogP contribution in [-0.4, -0.2) is 17.6 Å². The standard InChI is InChI=1S/C16H18N2O3/c1-3-21-11-7-8-14(10(2)9-11)18-16(20)12-5-4-6-13(17)15(12)19/h4-9,19H,3,17H2,1-2H3,(H,18,20). The summed E-state index contributed by atoms with van der Waals surface area (Å²) < 4.78 is 5.40. The summed E-state index contributed by atoms with van der Waals surface area (Å²) in [6.07, 6.45) is 0. The van der Waals surface area contributed by atoms with Crippen molar-refractivity contribution in [1.82, 2.24) is 0 Å². The molecule has 0 aliphatic heterocycles. The second-order valence-electron chi connectivity index (χ2n) is 4.61. The number of nitrogens with one attached hydrogen (secondary N) is 1. The number of nitrogen functional groups attached to an aromatic ring is 1. The quantitative estimate of drug-likeness (QED) is 0.596. The Morgan fingerprint density at radius 1 is 1.33 bits per heavy atom. The topological polar surface area (TPSA) is 84.6 Å². The molecule has 0 fully saturated rings. The average molecular weight is 286 g/mol. The number of carbonyl (C=O) groups excluding carboxylic acids is 1. The van der Waals surface area contributed by atoms with Gasteiger partial charge >= 0.3 is 0 Å². The minimum atomic E-state index is -0.410. The maximum atomic E-state index is 12.2. The minimum Gasteiger partial charge on any atom is -0.505 e. The van der Waals surface area contributed by atoms with Gasteiger partial charge in [0.25, 0.3) is 5.91 Å². The highest BCUT2D eigenvalue weighted by atomic mass is 16.5. The molecule has 0 radical (unpaired) electrons. The molecule has 5 heteroatoms. The summed E-state index contributed by atoms with van der Waals surface area (Å²) in [6, 6.07) is 10.1. The third-order valence-corrected chi connectivity index (χ3v) is 3.07. The lowest BCUT2D eigenvalue weighted by molar-refractivity contribution is 0.102. The first kappa shape index (κ1) is 14.7. The number of hydrogen-bond donors (Lipinski definition) is 3. The second kappa shape index (κ2) is 6.17. The summed E-state index contributed by atoms with van der Waals surface area (Å²) in [6.45, 7) is 4.37. The van der Waals surface area contributed by atoms with Crippen molar-refractivity contribution in [3.63, 3.8) is 0 Å². The number of carbonyl (C=O) groups is 1. The fourth-order valence-electron chi connectivity index (χ4n) is 1.97. The molecule has 0 aliphatic rings. The maximum Gasteiger partial charge on any atom is 0.259 e. The third kappa shape index (κ3) is 3.25. The molecule has 0 bridgehead atoms. The lowest BCUT2D eigenvalue weighted by Gasteiger charge is -2.12. The zero-order valence-electron chi connectivity index (χ0n) is 12.0. The Morgan fingerprint density at radius 2 is 2.10 bits per heavy atom. The Morgan fingerprint density at radius 3 is 2.76 bits per heavy atom. The number of nitrogens with two attached hydrogens (primary N) is 1. The molecule has 0 aromatic heterocycles. The number of hydrogen-bond acceptors (Lipinski definition) is 4. The number of amides is 1. The van der Waals surface area contributed by atoms with Crippen molar-refractivity contribution in [3.05, 3.63) is 47.5 Å². The van der Waals surface area contributed by atoms with Gasteiger partial charge in [-0.15, -0.1) is 0 Å². The first-order valence-electron chi connectivity index (χ1n) is 6.65. The number of phenolic OH excluding ortho intramolecular Hbond substituents is 1. The number of aromatic hydroxyl groups is 1. The third-order valence-electron chi connectivity index (χ3n) is 3.07. The molecule has 21 heavy (non-hydrogen) atoms. The molecule has 0 unspecified atom stereocenters. The summed E-state index contributed by atoms with van der Waals surface area (Å²) in [7, 11) is 0. The molecular weight excluding hydrogens is 268 g/mol. The molecule has 2 aromatic rings. The molecule has 0 aliphatic carbocycles. The van der Waals surface area contributed by atoms with Crippen LogP contribution < -0.4 is 15.8 Å². The van der Waals surface area contributed by atoms with Gasteiger partial charge in [0.15, 0.2) is 5.75 Å². The predicted molar refractivity (Wildman–Crippen MR) is 82.8 cm³/mol. The smallest absolute Gasteiger partial charge is 0.259 e. The van der Waals surface area contributed by atoms with Crippen LogP contribution in [0.5, 0.6) is 11.5 Å². The van der Waals surface area contributed by atoms with Crippen molar-refractivity contribution in [2.24, 2.45) is 0 Å². The zero-order valence-corrected chi connectivity index (χ0v) is 12.0. The molecule has 2 rings (SSSR count). The van der Waals surface area contributed by atoms with Crippen LogP contribution in [0.25, 0.3) is 0 Å². The van der Waals surface area contributed by atoms with Crippen molar-refractivity contribution >= 4 is 17.3 Å². The maximum absolute atomic E-state index is 12.2. The first-order valence-corrected chi connectivity index (χ1v) is 6.65. The number of para-hydroxylation sites is 1. The van der Waals surface area contributed by atoms with Crippen molar-refractivity contribution < 1.29 is 14.6 Å². The highest BCUT2D eigenvalue weighted by Gasteiger charge is 2.14. The Balaban J connectivity index is 2.22. The molecule has 0 atom stereocenters. The number of anilines is 2. The molecule has 5 nitrogen and oxygen atoms in total. The van der Waals surface area contributed by atoms with Crippen LogP contribution in [0.3, 0.4) is 0 Å². The van der Waals surface area contributed by atoms with Crippen LogP contribution >= 0.6 is 0 Å². The Kier molecular flexibility index (Phi) is 4.33. The molecule has 0 heterocycles. The summed E-state index contributed by atoms with van der Waals surface area (Å²) in [5.74, 6) is 0.130. The highest BCUT2D eigenvalue weighted by Crippen LogP contribution is 2.27. The lowest BCUT2D eigenvalue weighted by atomic mass is 10.1. The largest absolute Gasteiger partial charge is 0.505 e. The van der Waals surface area contributed by atoms with E-state index in [9.17, 15) is 9.90 Å². The monoisotopic (exact) mass is 286 g/mol. The van der Waals surface area contributed by atoms with E-state index in [1.807, 2.05) is 19.9 Å². The van der Waals surface area contributed by atoms with E-state index in [-0.39, 0.29) is 17.0 Å². The van der Waals surface area contributed by atoms with Crippen molar-refractivity contribution in [3.8, 4) is 11.5 Å². The fourth-order valence-corrected chi connectivity index (χ4v) is 1.97. The molecule has 2 aromatic carbocycles. The van der Waals surface area contributed by atoms with Crippen LogP contribution in [0.15, 0.2) is 36.4 Å². The normalized spacial score (nSPS) is 10.2. The molecule has 0 saturated heterocycles. The summed E-state index contributed by atoms with van der Waals surface area (Å²) in [5.41, 5.74) is 7.43. The molecule has 1 amide bonds. The molecular formula is C16H18N2O3. The van der Waals surface area contributed by atoms with Gasteiger partial charge in [-0.1, -0.05) is 6.07 Å². The summed E-state index contributed by atoms with van der Waals surface area (Å²) in [4.78, 5) is 12.2. The van der Waals surface area contributed by atoms with E-state index in [1.54, 1.807) is 18.2 Å². The van der Waals surface area contributed by atoms with E-state index in [0.29, 0.717) is 12.3 Å². The molecule has 4 N–H and O–H groups in total. The van der Waals surface area contributed by atoms with Gasteiger partial charge in [-0.3, -0.25) is 4.79 Å². The number of benzene rings is 2. The van der Waals surface area contributed by atoms with Gasteiger partial charge in [-0.2, -0.15) is 0 Å². The number of rotatable bonds is 4. The summed E-state index contributed by atoms with van der Waals surface area (Å²) in [5, 5.41) is 12.6.